The zero-order chi connectivity index (χ0) is 9.26. The average Bonchev–Trinajstić information content (AvgIpc) is 2.47. The van der Waals surface area contributed by atoms with E-state index in [9.17, 15) is 0 Å². The Kier molecular flexibility index (Phi) is 3.00. The van der Waals surface area contributed by atoms with E-state index in [4.69, 9.17) is 0 Å². The van der Waals surface area contributed by atoms with Gasteiger partial charge >= 0.3 is 0 Å². The van der Waals surface area contributed by atoms with Crippen molar-refractivity contribution < 1.29 is 0 Å². The van der Waals surface area contributed by atoms with E-state index in [0.717, 1.165) is 10.2 Å². The molecule has 0 aromatic carbocycles. The van der Waals surface area contributed by atoms with Crippen molar-refractivity contribution in [2.75, 3.05) is 0 Å². The largest absolute Gasteiger partial charge is 0.255 e. The van der Waals surface area contributed by atoms with Crippen molar-refractivity contribution >= 4 is 49.9 Å². The third-order valence-electron chi connectivity index (χ3n) is 1.55. The van der Waals surface area contributed by atoms with Crippen molar-refractivity contribution in [1.82, 2.24) is 4.98 Å². The lowest BCUT2D eigenvalue weighted by atomic mass is 10.3. The molecule has 0 N–H and O–H groups in total. The number of pyridine rings is 1. The molecule has 0 spiro atoms. The fraction of sp³-hybridized carbons (Fsp3) is 0. The molecule has 0 amide bonds. The van der Waals surface area contributed by atoms with Crippen molar-refractivity contribution in [2.24, 2.45) is 0 Å². The van der Waals surface area contributed by atoms with Gasteiger partial charge < -0.3 is 0 Å². The lowest BCUT2D eigenvalue weighted by Gasteiger charge is -1.95. The standard InChI is InChI=1S/C9H5BrINS/c10-6-5-8(11)13-9(6)7-3-1-2-4-12-7/h1-5H. The van der Waals surface area contributed by atoms with E-state index in [0.29, 0.717) is 0 Å². The van der Waals surface area contributed by atoms with E-state index < -0.39 is 0 Å². The molecule has 4 heteroatoms. The zero-order valence-electron chi connectivity index (χ0n) is 6.50. The maximum atomic E-state index is 4.30. The molecule has 0 saturated carbocycles. The number of aromatic nitrogens is 1. The van der Waals surface area contributed by atoms with E-state index in [2.05, 4.69) is 49.6 Å². The summed E-state index contributed by atoms with van der Waals surface area (Å²) in [5.41, 5.74) is 1.03. The van der Waals surface area contributed by atoms with Gasteiger partial charge in [0.05, 0.1) is 13.5 Å². The van der Waals surface area contributed by atoms with Gasteiger partial charge in [-0.25, -0.2) is 0 Å². The SMILES string of the molecule is Brc1cc(I)sc1-c1ccccn1. The second kappa shape index (κ2) is 4.06. The highest BCUT2D eigenvalue weighted by atomic mass is 127. The first kappa shape index (κ1) is 9.61. The number of thiophene rings is 1. The number of halogens is 2. The Morgan fingerprint density at radius 1 is 1.38 bits per heavy atom. The van der Waals surface area contributed by atoms with Crippen molar-refractivity contribution in [1.29, 1.82) is 0 Å². The van der Waals surface area contributed by atoms with E-state index in [-0.39, 0.29) is 0 Å². The Labute approximate surface area is 102 Å². The molecule has 2 rings (SSSR count). The normalized spacial score (nSPS) is 10.3. The highest BCUT2D eigenvalue weighted by Gasteiger charge is 2.07. The minimum atomic E-state index is 1.03. The van der Waals surface area contributed by atoms with E-state index >= 15 is 0 Å². The smallest absolute Gasteiger partial charge is 0.0813 e. The maximum absolute atomic E-state index is 4.30. The monoisotopic (exact) mass is 365 g/mol. The van der Waals surface area contributed by atoms with E-state index in [1.165, 1.54) is 7.76 Å². The summed E-state index contributed by atoms with van der Waals surface area (Å²) < 4.78 is 2.39. The molecule has 0 unspecified atom stereocenters. The topological polar surface area (TPSA) is 12.9 Å². The van der Waals surface area contributed by atoms with Crippen LogP contribution >= 0.6 is 49.9 Å². The molecule has 66 valence electrons. The van der Waals surface area contributed by atoms with Gasteiger partial charge in [-0.05, 0) is 56.7 Å². The quantitative estimate of drug-likeness (QED) is 0.691. The van der Waals surface area contributed by atoms with Crippen molar-refractivity contribution in [2.45, 2.75) is 0 Å². The number of nitrogens with zero attached hydrogens (tertiary/aromatic N) is 1. The van der Waals surface area contributed by atoms with Gasteiger partial charge in [0.1, 0.15) is 0 Å². The van der Waals surface area contributed by atoms with Crippen LogP contribution in [-0.4, -0.2) is 4.98 Å². The molecule has 13 heavy (non-hydrogen) atoms. The summed E-state index contributed by atoms with van der Waals surface area (Å²) in [4.78, 5) is 5.50. The fourth-order valence-electron chi connectivity index (χ4n) is 1.01. The Bertz CT molecular complexity index is 413. The number of hydrogen-bond acceptors (Lipinski definition) is 2. The van der Waals surface area contributed by atoms with Gasteiger partial charge in [0.2, 0.25) is 0 Å². The van der Waals surface area contributed by atoms with Gasteiger partial charge in [0.15, 0.2) is 0 Å². The molecule has 2 aromatic heterocycles. The molecule has 0 bridgehead atoms. The van der Waals surface area contributed by atoms with Crippen LogP contribution in [0.25, 0.3) is 10.6 Å². The molecular weight excluding hydrogens is 361 g/mol. The highest BCUT2D eigenvalue weighted by Crippen LogP contribution is 2.35. The van der Waals surface area contributed by atoms with Crippen LogP contribution in [0.3, 0.4) is 0 Å². The van der Waals surface area contributed by atoms with Crippen molar-refractivity contribution in [3.63, 3.8) is 0 Å². The molecule has 0 aliphatic carbocycles. The average molecular weight is 366 g/mol. The van der Waals surface area contributed by atoms with Gasteiger partial charge in [-0.2, -0.15) is 0 Å². The third-order valence-corrected chi connectivity index (χ3v) is 4.36. The molecule has 0 saturated heterocycles. The van der Waals surface area contributed by atoms with Gasteiger partial charge in [-0.15, -0.1) is 11.3 Å². The van der Waals surface area contributed by atoms with Crippen LogP contribution in [0.4, 0.5) is 0 Å². The summed E-state index contributed by atoms with van der Waals surface area (Å²) in [6.45, 7) is 0. The van der Waals surface area contributed by atoms with Crippen LogP contribution in [0.5, 0.6) is 0 Å². The van der Waals surface area contributed by atoms with Crippen molar-refractivity contribution in [3.05, 3.63) is 37.8 Å². The van der Waals surface area contributed by atoms with Crippen LogP contribution in [-0.2, 0) is 0 Å². The van der Waals surface area contributed by atoms with Crippen LogP contribution < -0.4 is 0 Å². The number of rotatable bonds is 1. The molecule has 0 radical (unpaired) electrons. The first-order valence-corrected chi connectivity index (χ1v) is 6.32. The predicted octanol–water partition coefficient (Wildman–Crippen LogP) is 4.18. The molecule has 1 nitrogen and oxygen atoms in total. The summed E-state index contributed by atoms with van der Waals surface area (Å²) in [5, 5.41) is 0. The zero-order valence-corrected chi connectivity index (χ0v) is 11.1. The van der Waals surface area contributed by atoms with Crippen LogP contribution in [0.2, 0.25) is 0 Å². The Morgan fingerprint density at radius 2 is 2.23 bits per heavy atom. The minimum absolute atomic E-state index is 1.03. The molecule has 0 fully saturated rings. The van der Waals surface area contributed by atoms with E-state index in [1.807, 2.05) is 24.4 Å². The van der Waals surface area contributed by atoms with Crippen LogP contribution in [0.1, 0.15) is 0 Å². The predicted molar refractivity (Wildman–Crippen MR) is 68.0 cm³/mol. The molecule has 2 aromatic rings. The summed E-state index contributed by atoms with van der Waals surface area (Å²) >= 11 is 7.58. The summed E-state index contributed by atoms with van der Waals surface area (Å²) in [7, 11) is 0. The second-order valence-corrected chi connectivity index (χ2v) is 6.24. The Balaban J connectivity index is 2.53. The third kappa shape index (κ3) is 2.11. The maximum Gasteiger partial charge on any atom is 0.0813 e. The fourth-order valence-corrected chi connectivity index (χ4v) is 3.99. The van der Waals surface area contributed by atoms with Gasteiger partial charge in [0.25, 0.3) is 0 Å². The molecular formula is C9H5BrINS. The molecule has 0 aliphatic rings. The highest BCUT2D eigenvalue weighted by molar-refractivity contribution is 14.1. The van der Waals surface area contributed by atoms with Crippen LogP contribution in [0.15, 0.2) is 34.9 Å². The van der Waals surface area contributed by atoms with Crippen molar-refractivity contribution in [3.8, 4) is 10.6 Å². The Hall–Kier alpha value is 0.0600. The Morgan fingerprint density at radius 3 is 2.77 bits per heavy atom. The van der Waals surface area contributed by atoms with Gasteiger partial charge in [-0.3, -0.25) is 4.98 Å². The summed E-state index contributed by atoms with van der Waals surface area (Å²) in [6.07, 6.45) is 1.81. The number of hydrogen-bond donors (Lipinski definition) is 0. The first-order chi connectivity index (χ1) is 6.27. The lowest BCUT2D eigenvalue weighted by Crippen LogP contribution is -1.76. The molecule has 0 atom stereocenters. The van der Waals surface area contributed by atoms with E-state index in [1.54, 1.807) is 11.3 Å². The molecule has 0 aliphatic heterocycles. The first-order valence-electron chi connectivity index (χ1n) is 3.63. The van der Waals surface area contributed by atoms with Crippen LogP contribution in [0, 0.1) is 2.88 Å². The summed E-state index contributed by atoms with van der Waals surface area (Å²) in [5.74, 6) is 0. The minimum Gasteiger partial charge on any atom is -0.255 e. The lowest BCUT2D eigenvalue weighted by molar-refractivity contribution is 1.34. The second-order valence-electron chi connectivity index (χ2n) is 2.44. The van der Waals surface area contributed by atoms with Gasteiger partial charge in [-0.1, -0.05) is 6.07 Å². The molecule has 2 heterocycles. The summed E-state index contributed by atoms with van der Waals surface area (Å²) in [6, 6.07) is 8.05. The van der Waals surface area contributed by atoms with Gasteiger partial charge in [0, 0.05) is 10.7 Å².